The van der Waals surface area contributed by atoms with Crippen LogP contribution in [-0.2, 0) is 11.3 Å². The summed E-state index contributed by atoms with van der Waals surface area (Å²) in [6.45, 7) is 2.84. The largest absolute Gasteiger partial charge is 0.462 e. The molecule has 2 N–H and O–H groups in total. The van der Waals surface area contributed by atoms with Gasteiger partial charge in [0.2, 0.25) is 0 Å². The van der Waals surface area contributed by atoms with Crippen molar-refractivity contribution >= 4 is 17.3 Å². The third kappa shape index (κ3) is 3.75. The zero-order valence-electron chi connectivity index (χ0n) is 12.4. The van der Waals surface area contributed by atoms with Crippen molar-refractivity contribution in [1.82, 2.24) is 0 Å². The number of carbonyl (C=O) groups is 1. The molecule has 0 heterocycles. The van der Waals surface area contributed by atoms with Gasteiger partial charge in [-0.15, -0.1) is 0 Å². The number of nitrogens with zero attached hydrogens (tertiary/aromatic N) is 1. The average molecular weight is 284 g/mol. The van der Waals surface area contributed by atoms with Crippen molar-refractivity contribution < 1.29 is 9.53 Å². The molecular formula is C17H20N2O2. The Morgan fingerprint density at radius 3 is 2.57 bits per heavy atom. The number of hydrogen-bond donors (Lipinski definition) is 1. The van der Waals surface area contributed by atoms with E-state index in [0.717, 1.165) is 5.69 Å². The molecule has 0 atom stereocenters. The molecule has 2 aromatic rings. The standard InChI is InChI=1S/C17H20N2O2/c1-3-21-17(20)15-11-14(18)9-10-16(15)19(2)12-13-7-5-4-6-8-13/h4-11H,3,12,18H2,1-2H3. The summed E-state index contributed by atoms with van der Waals surface area (Å²) in [7, 11) is 1.95. The van der Waals surface area contributed by atoms with Crippen LogP contribution in [0.2, 0.25) is 0 Å². The number of hydrogen-bond acceptors (Lipinski definition) is 4. The van der Waals surface area contributed by atoms with Gasteiger partial charge in [0, 0.05) is 19.3 Å². The SMILES string of the molecule is CCOC(=O)c1cc(N)ccc1N(C)Cc1ccccc1. The molecule has 0 bridgehead atoms. The maximum absolute atomic E-state index is 12.1. The van der Waals surface area contributed by atoms with Crippen molar-refractivity contribution in [2.24, 2.45) is 0 Å². The molecule has 0 spiro atoms. The zero-order valence-corrected chi connectivity index (χ0v) is 12.4. The Balaban J connectivity index is 2.27. The van der Waals surface area contributed by atoms with Gasteiger partial charge in [-0.05, 0) is 30.7 Å². The summed E-state index contributed by atoms with van der Waals surface area (Å²) in [6, 6.07) is 15.4. The van der Waals surface area contributed by atoms with Gasteiger partial charge in [0.25, 0.3) is 0 Å². The normalized spacial score (nSPS) is 10.2. The van der Waals surface area contributed by atoms with Crippen LogP contribution in [0.5, 0.6) is 0 Å². The highest BCUT2D eigenvalue weighted by Crippen LogP contribution is 2.24. The molecule has 2 aromatic carbocycles. The van der Waals surface area contributed by atoms with Crippen LogP contribution < -0.4 is 10.6 Å². The maximum atomic E-state index is 12.1. The number of benzene rings is 2. The van der Waals surface area contributed by atoms with E-state index < -0.39 is 0 Å². The number of ether oxygens (including phenoxy) is 1. The van der Waals surface area contributed by atoms with Gasteiger partial charge < -0.3 is 15.4 Å². The highest BCUT2D eigenvalue weighted by molar-refractivity contribution is 5.97. The number of nitrogens with two attached hydrogens (primary N) is 1. The van der Waals surface area contributed by atoms with Gasteiger partial charge in [-0.2, -0.15) is 0 Å². The van der Waals surface area contributed by atoms with E-state index in [1.807, 2.05) is 36.2 Å². The summed E-state index contributed by atoms with van der Waals surface area (Å²) in [4.78, 5) is 14.1. The van der Waals surface area contributed by atoms with Crippen molar-refractivity contribution in [3.05, 3.63) is 59.7 Å². The minimum absolute atomic E-state index is 0.343. The lowest BCUT2D eigenvalue weighted by Gasteiger charge is -2.22. The smallest absolute Gasteiger partial charge is 0.340 e. The summed E-state index contributed by atoms with van der Waals surface area (Å²) in [5.41, 5.74) is 8.82. The van der Waals surface area contributed by atoms with Gasteiger partial charge in [-0.3, -0.25) is 0 Å². The first-order valence-corrected chi connectivity index (χ1v) is 6.93. The molecule has 0 saturated carbocycles. The predicted molar refractivity (Wildman–Crippen MR) is 85.4 cm³/mol. The molecule has 2 rings (SSSR count). The van der Waals surface area contributed by atoms with E-state index in [-0.39, 0.29) is 5.97 Å². The van der Waals surface area contributed by atoms with E-state index in [0.29, 0.717) is 24.4 Å². The summed E-state index contributed by atoms with van der Waals surface area (Å²) in [5, 5.41) is 0. The van der Waals surface area contributed by atoms with Gasteiger partial charge >= 0.3 is 5.97 Å². The first-order valence-electron chi connectivity index (χ1n) is 6.93. The van der Waals surface area contributed by atoms with Crippen molar-refractivity contribution in [3.8, 4) is 0 Å². The highest BCUT2D eigenvalue weighted by atomic mass is 16.5. The molecule has 0 saturated heterocycles. The quantitative estimate of drug-likeness (QED) is 0.677. The average Bonchev–Trinajstić information content (AvgIpc) is 2.48. The van der Waals surface area contributed by atoms with Crippen LogP contribution in [0.15, 0.2) is 48.5 Å². The molecule has 0 aliphatic heterocycles. The van der Waals surface area contributed by atoms with Gasteiger partial charge in [0.15, 0.2) is 0 Å². The molecule has 0 unspecified atom stereocenters. The van der Waals surface area contributed by atoms with E-state index in [4.69, 9.17) is 10.5 Å². The Hall–Kier alpha value is -2.49. The van der Waals surface area contributed by atoms with Crippen LogP contribution in [0.4, 0.5) is 11.4 Å². The lowest BCUT2D eigenvalue weighted by atomic mass is 10.1. The fraction of sp³-hybridized carbons (Fsp3) is 0.235. The van der Waals surface area contributed by atoms with Crippen molar-refractivity contribution in [3.63, 3.8) is 0 Å². The molecule has 4 heteroatoms. The number of carbonyl (C=O) groups excluding carboxylic acids is 1. The molecule has 110 valence electrons. The summed E-state index contributed by atoms with van der Waals surface area (Å²) >= 11 is 0. The second kappa shape index (κ2) is 6.79. The van der Waals surface area contributed by atoms with Crippen molar-refractivity contribution in [2.45, 2.75) is 13.5 Å². The molecule has 21 heavy (non-hydrogen) atoms. The van der Waals surface area contributed by atoms with E-state index in [1.165, 1.54) is 5.56 Å². The molecule has 0 aliphatic rings. The van der Waals surface area contributed by atoms with Crippen molar-refractivity contribution in [1.29, 1.82) is 0 Å². The fourth-order valence-corrected chi connectivity index (χ4v) is 2.20. The van der Waals surface area contributed by atoms with E-state index in [1.54, 1.807) is 19.1 Å². The lowest BCUT2D eigenvalue weighted by Crippen LogP contribution is -2.20. The second-order valence-electron chi connectivity index (χ2n) is 4.84. The van der Waals surface area contributed by atoms with Crippen LogP contribution >= 0.6 is 0 Å². The Bertz CT molecular complexity index is 611. The number of esters is 1. The van der Waals surface area contributed by atoms with E-state index in [9.17, 15) is 4.79 Å². The third-order valence-electron chi connectivity index (χ3n) is 3.19. The minimum Gasteiger partial charge on any atom is -0.462 e. The Labute approximate surface area is 125 Å². The highest BCUT2D eigenvalue weighted by Gasteiger charge is 2.16. The van der Waals surface area contributed by atoms with Crippen LogP contribution in [0.3, 0.4) is 0 Å². The summed E-state index contributed by atoms with van der Waals surface area (Å²) in [6.07, 6.45) is 0. The summed E-state index contributed by atoms with van der Waals surface area (Å²) < 4.78 is 5.10. The van der Waals surface area contributed by atoms with E-state index >= 15 is 0 Å². The summed E-state index contributed by atoms with van der Waals surface area (Å²) in [5.74, 6) is -0.347. The molecule has 4 nitrogen and oxygen atoms in total. The fourth-order valence-electron chi connectivity index (χ4n) is 2.20. The second-order valence-corrected chi connectivity index (χ2v) is 4.84. The minimum atomic E-state index is -0.347. The first-order chi connectivity index (χ1) is 10.1. The van der Waals surface area contributed by atoms with E-state index in [2.05, 4.69) is 12.1 Å². The van der Waals surface area contributed by atoms with Gasteiger partial charge in [0.05, 0.1) is 17.9 Å². The monoisotopic (exact) mass is 284 g/mol. The van der Waals surface area contributed by atoms with Crippen LogP contribution in [0, 0.1) is 0 Å². The molecule has 0 aliphatic carbocycles. The molecule has 0 fully saturated rings. The Kier molecular flexibility index (Phi) is 4.82. The number of rotatable bonds is 5. The molecule has 0 radical (unpaired) electrons. The molecule has 0 amide bonds. The number of nitrogen functional groups attached to an aromatic ring is 1. The Morgan fingerprint density at radius 2 is 1.90 bits per heavy atom. The predicted octanol–water partition coefficient (Wildman–Crippen LogP) is 3.08. The maximum Gasteiger partial charge on any atom is 0.340 e. The van der Waals surface area contributed by atoms with Crippen LogP contribution in [0.25, 0.3) is 0 Å². The first kappa shape index (κ1) is 14.9. The molecular weight excluding hydrogens is 264 g/mol. The Morgan fingerprint density at radius 1 is 1.19 bits per heavy atom. The zero-order chi connectivity index (χ0) is 15.2. The lowest BCUT2D eigenvalue weighted by molar-refractivity contribution is 0.0527. The molecule has 0 aromatic heterocycles. The van der Waals surface area contributed by atoms with Gasteiger partial charge in [-0.1, -0.05) is 30.3 Å². The van der Waals surface area contributed by atoms with Crippen molar-refractivity contribution in [2.75, 3.05) is 24.3 Å². The number of anilines is 2. The van der Waals surface area contributed by atoms with Crippen LogP contribution in [-0.4, -0.2) is 19.6 Å². The van der Waals surface area contributed by atoms with Gasteiger partial charge in [0.1, 0.15) is 0 Å². The third-order valence-corrected chi connectivity index (χ3v) is 3.19. The van der Waals surface area contributed by atoms with Crippen LogP contribution in [0.1, 0.15) is 22.8 Å². The topological polar surface area (TPSA) is 55.6 Å². The van der Waals surface area contributed by atoms with Gasteiger partial charge in [-0.25, -0.2) is 4.79 Å².